The van der Waals surface area contributed by atoms with E-state index in [2.05, 4.69) is 42.3 Å². The van der Waals surface area contributed by atoms with Crippen LogP contribution in [-0.2, 0) is 6.54 Å². The minimum atomic E-state index is 0.643. The molecule has 1 saturated heterocycles. The van der Waals surface area contributed by atoms with E-state index in [9.17, 15) is 0 Å². The van der Waals surface area contributed by atoms with Crippen molar-refractivity contribution in [3.63, 3.8) is 0 Å². The lowest BCUT2D eigenvalue weighted by atomic mass is 9.93. The second-order valence-electron chi connectivity index (χ2n) is 6.86. The Morgan fingerprint density at radius 2 is 2.19 bits per heavy atom. The quantitative estimate of drug-likeness (QED) is 0.886. The van der Waals surface area contributed by atoms with Crippen molar-refractivity contribution in [2.75, 3.05) is 13.1 Å². The molecule has 21 heavy (non-hydrogen) atoms. The van der Waals surface area contributed by atoms with Crippen molar-refractivity contribution in [3.8, 4) is 0 Å². The molecule has 2 fully saturated rings. The molecule has 3 heteroatoms. The van der Waals surface area contributed by atoms with Crippen molar-refractivity contribution in [3.05, 3.63) is 34.9 Å². The minimum absolute atomic E-state index is 0.643. The second kappa shape index (κ2) is 6.68. The molecular weight excluding hydrogens is 280 g/mol. The lowest BCUT2D eigenvalue weighted by Crippen LogP contribution is -2.58. The molecule has 0 amide bonds. The molecule has 1 aliphatic carbocycles. The zero-order chi connectivity index (χ0) is 14.8. The number of hydrogen-bond acceptors (Lipinski definition) is 2. The van der Waals surface area contributed by atoms with Crippen LogP contribution < -0.4 is 5.32 Å². The van der Waals surface area contributed by atoms with E-state index < -0.39 is 0 Å². The van der Waals surface area contributed by atoms with Crippen molar-refractivity contribution in [1.82, 2.24) is 10.2 Å². The number of hydrogen-bond donors (Lipinski definition) is 1. The standard InChI is InChI=1S/C18H27ClN2/c1-3-13(2)18-10-20-17(15-7-8-15)12-21(18)11-14-5-4-6-16(19)9-14/h4-6,9,13,15,17-18,20H,3,7-8,10-12H2,1-2H3. The molecule has 0 radical (unpaired) electrons. The third kappa shape index (κ3) is 3.80. The monoisotopic (exact) mass is 306 g/mol. The third-order valence-corrected chi connectivity index (χ3v) is 5.49. The van der Waals surface area contributed by atoms with Crippen molar-refractivity contribution < 1.29 is 0 Å². The van der Waals surface area contributed by atoms with Crippen LogP contribution in [0.25, 0.3) is 0 Å². The van der Waals surface area contributed by atoms with Crippen LogP contribution in [0.4, 0.5) is 0 Å². The van der Waals surface area contributed by atoms with E-state index >= 15 is 0 Å². The van der Waals surface area contributed by atoms with Crippen LogP contribution in [-0.4, -0.2) is 30.1 Å². The van der Waals surface area contributed by atoms with E-state index in [1.807, 2.05) is 6.07 Å². The molecule has 0 aromatic heterocycles. The summed E-state index contributed by atoms with van der Waals surface area (Å²) in [6.45, 7) is 8.04. The van der Waals surface area contributed by atoms with Gasteiger partial charge in [0.1, 0.15) is 0 Å². The highest BCUT2D eigenvalue weighted by atomic mass is 35.5. The number of benzene rings is 1. The fraction of sp³-hybridized carbons (Fsp3) is 0.667. The van der Waals surface area contributed by atoms with Gasteiger partial charge in [0.2, 0.25) is 0 Å². The van der Waals surface area contributed by atoms with Gasteiger partial charge in [-0.3, -0.25) is 4.90 Å². The van der Waals surface area contributed by atoms with Gasteiger partial charge in [-0.05, 0) is 42.4 Å². The first-order chi connectivity index (χ1) is 10.2. The minimum Gasteiger partial charge on any atom is -0.311 e. The maximum Gasteiger partial charge on any atom is 0.0409 e. The Labute approximate surface area is 133 Å². The van der Waals surface area contributed by atoms with Gasteiger partial charge in [-0.1, -0.05) is 44.0 Å². The van der Waals surface area contributed by atoms with Crippen molar-refractivity contribution in [1.29, 1.82) is 0 Å². The Bertz CT molecular complexity index is 472. The van der Waals surface area contributed by atoms with E-state index in [0.29, 0.717) is 12.1 Å². The highest BCUT2D eigenvalue weighted by Crippen LogP contribution is 2.35. The van der Waals surface area contributed by atoms with Crippen LogP contribution in [0.3, 0.4) is 0 Å². The average molecular weight is 307 g/mol. The topological polar surface area (TPSA) is 15.3 Å². The summed E-state index contributed by atoms with van der Waals surface area (Å²) in [5, 5.41) is 4.65. The van der Waals surface area contributed by atoms with E-state index in [1.165, 1.54) is 31.4 Å². The molecule has 2 aliphatic rings. The van der Waals surface area contributed by atoms with Crippen LogP contribution in [0.15, 0.2) is 24.3 Å². The van der Waals surface area contributed by atoms with Crippen molar-refractivity contribution in [2.24, 2.45) is 11.8 Å². The Morgan fingerprint density at radius 3 is 2.86 bits per heavy atom. The molecule has 3 atom stereocenters. The molecule has 1 aliphatic heterocycles. The first-order valence-electron chi connectivity index (χ1n) is 8.39. The van der Waals surface area contributed by atoms with Gasteiger partial charge in [-0.2, -0.15) is 0 Å². The molecule has 116 valence electrons. The number of halogens is 1. The molecule has 1 heterocycles. The summed E-state index contributed by atoms with van der Waals surface area (Å²) in [7, 11) is 0. The van der Waals surface area contributed by atoms with Gasteiger partial charge >= 0.3 is 0 Å². The number of rotatable bonds is 5. The lowest BCUT2D eigenvalue weighted by molar-refractivity contribution is 0.0787. The molecule has 2 nitrogen and oxygen atoms in total. The second-order valence-corrected chi connectivity index (χ2v) is 7.30. The van der Waals surface area contributed by atoms with E-state index in [-0.39, 0.29) is 0 Å². The predicted molar refractivity (Wildman–Crippen MR) is 89.6 cm³/mol. The SMILES string of the molecule is CCC(C)C1CNC(C2CC2)CN1Cc1cccc(Cl)c1. The first-order valence-corrected chi connectivity index (χ1v) is 8.77. The molecule has 3 rings (SSSR count). The van der Waals surface area contributed by atoms with Gasteiger partial charge in [0.15, 0.2) is 0 Å². The van der Waals surface area contributed by atoms with E-state index in [4.69, 9.17) is 11.6 Å². The van der Waals surface area contributed by atoms with E-state index in [0.717, 1.165) is 29.9 Å². The smallest absolute Gasteiger partial charge is 0.0409 e. The molecule has 1 aromatic carbocycles. The van der Waals surface area contributed by atoms with Crippen LogP contribution in [0.1, 0.15) is 38.7 Å². The molecular formula is C18H27ClN2. The summed E-state index contributed by atoms with van der Waals surface area (Å²) in [5.74, 6) is 1.65. The zero-order valence-corrected chi connectivity index (χ0v) is 13.9. The van der Waals surface area contributed by atoms with Gasteiger partial charge in [0, 0.05) is 36.7 Å². The summed E-state index contributed by atoms with van der Waals surface area (Å²) in [5.41, 5.74) is 1.34. The Kier molecular flexibility index (Phi) is 4.88. The number of piperazine rings is 1. The van der Waals surface area contributed by atoms with E-state index in [1.54, 1.807) is 0 Å². The fourth-order valence-corrected chi connectivity index (χ4v) is 3.77. The number of nitrogens with one attached hydrogen (secondary N) is 1. The van der Waals surface area contributed by atoms with Gasteiger partial charge in [0.05, 0.1) is 0 Å². The predicted octanol–water partition coefficient (Wildman–Crippen LogP) is 3.94. The van der Waals surface area contributed by atoms with Crippen LogP contribution in [0, 0.1) is 11.8 Å². The average Bonchev–Trinajstić information content (AvgIpc) is 3.31. The summed E-state index contributed by atoms with van der Waals surface area (Å²) in [4.78, 5) is 2.69. The van der Waals surface area contributed by atoms with Gasteiger partial charge < -0.3 is 5.32 Å². The molecule has 0 bridgehead atoms. The summed E-state index contributed by atoms with van der Waals surface area (Å²) < 4.78 is 0. The molecule has 3 unspecified atom stereocenters. The number of nitrogens with zero attached hydrogens (tertiary/aromatic N) is 1. The highest BCUT2D eigenvalue weighted by molar-refractivity contribution is 6.30. The zero-order valence-electron chi connectivity index (χ0n) is 13.2. The van der Waals surface area contributed by atoms with Crippen LogP contribution in [0.2, 0.25) is 5.02 Å². The normalized spacial score (nSPS) is 28.5. The summed E-state index contributed by atoms with van der Waals surface area (Å²) in [6, 6.07) is 9.68. The maximum atomic E-state index is 6.15. The van der Waals surface area contributed by atoms with Crippen molar-refractivity contribution >= 4 is 11.6 Å². The van der Waals surface area contributed by atoms with Gasteiger partial charge in [0.25, 0.3) is 0 Å². The van der Waals surface area contributed by atoms with Crippen LogP contribution >= 0.6 is 11.6 Å². The Morgan fingerprint density at radius 1 is 1.38 bits per heavy atom. The van der Waals surface area contributed by atoms with Crippen molar-refractivity contribution in [2.45, 2.75) is 51.7 Å². The Hall–Kier alpha value is -0.570. The first kappa shape index (κ1) is 15.3. The molecule has 1 N–H and O–H groups in total. The van der Waals surface area contributed by atoms with Crippen LogP contribution in [0.5, 0.6) is 0 Å². The molecule has 0 spiro atoms. The van der Waals surface area contributed by atoms with Gasteiger partial charge in [-0.15, -0.1) is 0 Å². The maximum absolute atomic E-state index is 6.15. The largest absolute Gasteiger partial charge is 0.311 e. The summed E-state index contributed by atoms with van der Waals surface area (Å²) in [6.07, 6.45) is 4.07. The third-order valence-electron chi connectivity index (χ3n) is 5.26. The summed E-state index contributed by atoms with van der Waals surface area (Å²) >= 11 is 6.15. The molecule has 1 aromatic rings. The fourth-order valence-electron chi connectivity index (χ4n) is 3.55. The van der Waals surface area contributed by atoms with Gasteiger partial charge in [-0.25, -0.2) is 0 Å². The molecule has 1 saturated carbocycles. The lowest BCUT2D eigenvalue weighted by Gasteiger charge is -2.43. The Balaban J connectivity index is 1.72. The highest BCUT2D eigenvalue weighted by Gasteiger charge is 2.38.